The normalized spacial score (nSPS) is 18.8. The first kappa shape index (κ1) is 22.8. The van der Waals surface area contributed by atoms with Crippen LogP contribution in [-0.2, 0) is 19.6 Å². The molecule has 1 saturated heterocycles. The number of fused-ring (bicyclic) bond motifs is 1. The van der Waals surface area contributed by atoms with E-state index in [9.17, 15) is 27.6 Å². The van der Waals surface area contributed by atoms with Gasteiger partial charge in [-0.25, -0.2) is 13.3 Å². The summed E-state index contributed by atoms with van der Waals surface area (Å²) < 4.78 is 32.8. The van der Waals surface area contributed by atoms with Gasteiger partial charge in [-0.05, 0) is 50.5 Å². The number of imide groups is 1. The molecular formula is C23H22N2O7S. The van der Waals surface area contributed by atoms with Crippen molar-refractivity contribution >= 4 is 33.6 Å². The Balaban J connectivity index is 1.49. The SMILES string of the molecule is CC(=O)c1ccc(S(=O)(=O)N2CCCCC2C(=O)OCN2C(=O)c3ccccc3C2=O)cc1. The Morgan fingerprint density at radius 1 is 0.970 bits per heavy atom. The number of Topliss-reactive ketones (excluding diaryl/α,β-unsaturated/α-hetero) is 1. The van der Waals surface area contributed by atoms with Gasteiger partial charge in [-0.1, -0.05) is 24.3 Å². The third-order valence-electron chi connectivity index (χ3n) is 5.81. The maximum absolute atomic E-state index is 13.2. The van der Waals surface area contributed by atoms with Crippen LogP contribution in [0.25, 0.3) is 0 Å². The van der Waals surface area contributed by atoms with E-state index in [0.29, 0.717) is 18.4 Å². The van der Waals surface area contributed by atoms with Crippen LogP contribution < -0.4 is 0 Å². The van der Waals surface area contributed by atoms with E-state index in [1.807, 2.05) is 0 Å². The molecule has 10 heteroatoms. The molecule has 1 unspecified atom stereocenters. The van der Waals surface area contributed by atoms with Gasteiger partial charge in [-0.2, -0.15) is 4.31 Å². The molecule has 2 aromatic carbocycles. The summed E-state index contributed by atoms with van der Waals surface area (Å²) >= 11 is 0. The van der Waals surface area contributed by atoms with Gasteiger partial charge in [0.1, 0.15) is 6.04 Å². The monoisotopic (exact) mass is 470 g/mol. The molecule has 2 aromatic rings. The molecule has 1 fully saturated rings. The number of hydrogen-bond acceptors (Lipinski definition) is 7. The highest BCUT2D eigenvalue weighted by molar-refractivity contribution is 7.89. The van der Waals surface area contributed by atoms with E-state index in [1.165, 1.54) is 43.3 Å². The molecule has 0 spiro atoms. The van der Waals surface area contributed by atoms with Gasteiger partial charge in [0.15, 0.2) is 12.5 Å². The molecule has 9 nitrogen and oxygen atoms in total. The zero-order valence-electron chi connectivity index (χ0n) is 17.9. The predicted molar refractivity (Wildman–Crippen MR) is 116 cm³/mol. The summed E-state index contributed by atoms with van der Waals surface area (Å²) in [6.45, 7) is 0.918. The van der Waals surface area contributed by atoms with Crippen molar-refractivity contribution < 1.29 is 32.3 Å². The first-order valence-corrected chi connectivity index (χ1v) is 11.9. The van der Waals surface area contributed by atoms with Crippen LogP contribution in [0.1, 0.15) is 57.3 Å². The molecule has 2 amide bonds. The van der Waals surface area contributed by atoms with Crippen LogP contribution in [-0.4, -0.2) is 60.5 Å². The largest absolute Gasteiger partial charge is 0.442 e. The van der Waals surface area contributed by atoms with Gasteiger partial charge in [-0.3, -0.25) is 19.2 Å². The van der Waals surface area contributed by atoms with Crippen molar-refractivity contribution in [1.29, 1.82) is 0 Å². The maximum Gasteiger partial charge on any atom is 0.326 e. The van der Waals surface area contributed by atoms with Gasteiger partial charge < -0.3 is 4.74 Å². The lowest BCUT2D eigenvalue weighted by Crippen LogP contribution is -2.49. The quantitative estimate of drug-likeness (QED) is 0.361. The van der Waals surface area contributed by atoms with Crippen molar-refractivity contribution in [2.75, 3.05) is 13.3 Å². The topological polar surface area (TPSA) is 118 Å². The second-order valence-electron chi connectivity index (χ2n) is 7.88. The lowest BCUT2D eigenvalue weighted by atomic mass is 10.1. The standard InChI is InChI=1S/C23H22N2O7S/c1-15(26)16-9-11-17(12-10-16)33(30,31)25-13-5-4-8-20(25)23(29)32-14-24-21(27)18-6-2-3-7-19(18)22(24)28/h2-3,6-7,9-12,20H,4-5,8,13-14H2,1H3. The first-order chi connectivity index (χ1) is 15.7. The molecule has 172 valence electrons. The zero-order valence-corrected chi connectivity index (χ0v) is 18.7. The number of ketones is 1. The number of sulfonamides is 1. The summed E-state index contributed by atoms with van der Waals surface area (Å²) in [6, 6.07) is 10.7. The fourth-order valence-electron chi connectivity index (χ4n) is 4.01. The number of hydrogen-bond donors (Lipinski definition) is 0. The second-order valence-corrected chi connectivity index (χ2v) is 9.77. The minimum atomic E-state index is -4.03. The summed E-state index contributed by atoms with van der Waals surface area (Å²) in [5, 5.41) is 0. The summed E-state index contributed by atoms with van der Waals surface area (Å²) in [4.78, 5) is 50.0. The van der Waals surface area contributed by atoms with E-state index in [2.05, 4.69) is 0 Å². The van der Waals surface area contributed by atoms with Crippen LogP contribution >= 0.6 is 0 Å². The van der Waals surface area contributed by atoms with E-state index in [0.717, 1.165) is 9.21 Å². The number of carbonyl (C=O) groups excluding carboxylic acids is 4. The molecule has 0 radical (unpaired) electrons. The number of rotatable bonds is 6. The molecule has 0 aromatic heterocycles. The highest BCUT2D eigenvalue weighted by atomic mass is 32.2. The Kier molecular flexibility index (Phi) is 6.13. The van der Waals surface area contributed by atoms with Crippen LogP contribution in [0.5, 0.6) is 0 Å². The highest BCUT2D eigenvalue weighted by Crippen LogP contribution is 2.27. The van der Waals surface area contributed by atoms with E-state index < -0.39 is 40.6 Å². The summed E-state index contributed by atoms with van der Waals surface area (Å²) in [6.07, 6.45) is 1.46. The smallest absolute Gasteiger partial charge is 0.326 e. The molecular weight excluding hydrogens is 448 g/mol. The van der Waals surface area contributed by atoms with E-state index in [4.69, 9.17) is 4.74 Å². The van der Waals surface area contributed by atoms with Gasteiger partial charge in [0.05, 0.1) is 16.0 Å². The fourth-order valence-corrected chi connectivity index (χ4v) is 5.65. The van der Waals surface area contributed by atoms with E-state index >= 15 is 0 Å². The van der Waals surface area contributed by atoms with Gasteiger partial charge >= 0.3 is 5.97 Å². The lowest BCUT2D eigenvalue weighted by molar-refractivity contribution is -0.151. The zero-order chi connectivity index (χ0) is 23.8. The van der Waals surface area contributed by atoms with Gasteiger partial charge in [0.25, 0.3) is 11.8 Å². The number of esters is 1. The van der Waals surface area contributed by atoms with E-state index in [-0.39, 0.29) is 34.8 Å². The van der Waals surface area contributed by atoms with Crippen molar-refractivity contribution in [1.82, 2.24) is 9.21 Å². The number of ether oxygens (including phenoxy) is 1. The van der Waals surface area contributed by atoms with Crippen LogP contribution in [0.2, 0.25) is 0 Å². The predicted octanol–water partition coefficient (Wildman–Crippen LogP) is 2.23. The van der Waals surface area contributed by atoms with Crippen molar-refractivity contribution in [2.45, 2.75) is 37.1 Å². The van der Waals surface area contributed by atoms with Crippen LogP contribution in [0.15, 0.2) is 53.4 Å². The molecule has 1 atom stereocenters. The van der Waals surface area contributed by atoms with Crippen LogP contribution in [0.4, 0.5) is 0 Å². The highest BCUT2D eigenvalue weighted by Gasteiger charge is 2.40. The van der Waals surface area contributed by atoms with Gasteiger partial charge in [0.2, 0.25) is 10.0 Å². The Hall–Kier alpha value is -3.37. The first-order valence-electron chi connectivity index (χ1n) is 10.5. The average Bonchev–Trinajstić information content (AvgIpc) is 3.07. The summed E-state index contributed by atoms with van der Waals surface area (Å²) in [5.74, 6) is -2.15. The summed E-state index contributed by atoms with van der Waals surface area (Å²) in [7, 11) is -4.03. The van der Waals surface area contributed by atoms with Crippen LogP contribution in [0, 0.1) is 0 Å². The lowest BCUT2D eigenvalue weighted by Gasteiger charge is -2.33. The molecule has 33 heavy (non-hydrogen) atoms. The molecule has 2 aliphatic rings. The van der Waals surface area contributed by atoms with Crippen molar-refractivity contribution in [3.8, 4) is 0 Å². The molecule has 0 saturated carbocycles. The number of benzene rings is 2. The average molecular weight is 471 g/mol. The molecule has 0 N–H and O–H groups in total. The molecule has 2 heterocycles. The third kappa shape index (κ3) is 4.19. The van der Waals surface area contributed by atoms with Crippen molar-refractivity contribution in [2.24, 2.45) is 0 Å². The number of piperidine rings is 1. The Labute approximate surface area is 191 Å². The Morgan fingerprint density at radius 3 is 2.15 bits per heavy atom. The number of amides is 2. The van der Waals surface area contributed by atoms with Gasteiger partial charge in [-0.15, -0.1) is 0 Å². The minimum absolute atomic E-state index is 0.0347. The number of carbonyl (C=O) groups is 4. The Morgan fingerprint density at radius 2 is 1.58 bits per heavy atom. The van der Waals surface area contributed by atoms with Crippen LogP contribution in [0.3, 0.4) is 0 Å². The summed E-state index contributed by atoms with van der Waals surface area (Å²) in [5.41, 5.74) is 0.841. The molecule has 0 aliphatic carbocycles. The third-order valence-corrected chi connectivity index (χ3v) is 7.73. The molecule has 4 rings (SSSR count). The number of nitrogens with zero attached hydrogens (tertiary/aromatic N) is 2. The fraction of sp³-hybridized carbons (Fsp3) is 0.304. The second kappa shape index (κ2) is 8.87. The van der Waals surface area contributed by atoms with Crippen molar-refractivity contribution in [3.05, 3.63) is 65.2 Å². The maximum atomic E-state index is 13.2. The van der Waals surface area contributed by atoms with Gasteiger partial charge in [0, 0.05) is 12.1 Å². The molecule has 0 bridgehead atoms. The van der Waals surface area contributed by atoms with E-state index in [1.54, 1.807) is 12.1 Å². The molecule has 2 aliphatic heterocycles. The Bertz CT molecular complexity index is 1200. The van der Waals surface area contributed by atoms with Crippen molar-refractivity contribution in [3.63, 3.8) is 0 Å². The minimum Gasteiger partial charge on any atom is -0.442 e.